The molecule has 1 aliphatic heterocycles. The van der Waals surface area contributed by atoms with E-state index in [1.54, 1.807) is 13.8 Å². The molecule has 0 radical (unpaired) electrons. The van der Waals surface area contributed by atoms with Gasteiger partial charge >= 0.3 is 6.03 Å². The molecule has 0 fully saturated rings. The average Bonchev–Trinajstić information content (AvgIpc) is 3.31. The van der Waals surface area contributed by atoms with Crippen LogP contribution in [0.25, 0.3) is 0 Å². The maximum Gasteiger partial charge on any atom is 0.327 e. The predicted octanol–water partition coefficient (Wildman–Crippen LogP) is 3.06. The van der Waals surface area contributed by atoms with Crippen LogP contribution >= 0.6 is 11.8 Å². The number of fused-ring (bicyclic) bond motifs is 2. The second-order valence-corrected chi connectivity index (χ2v) is 11.3. The average molecular weight is 423 g/mol. The van der Waals surface area contributed by atoms with Gasteiger partial charge in [-0.3, -0.25) is 4.90 Å². The Hall–Kier alpha value is -1.55. The van der Waals surface area contributed by atoms with Crippen LogP contribution in [0.2, 0.25) is 0 Å². The molecular formula is C19H26N4O3S2. The minimum Gasteiger partial charge on any atom is -0.387 e. The molecule has 2 aliphatic carbocycles. The number of thioether (sulfide) groups is 1. The number of nitrogens with zero attached hydrogens (tertiary/aromatic N) is 1. The van der Waals surface area contributed by atoms with E-state index >= 15 is 0 Å². The normalized spacial score (nSPS) is 23.2. The highest BCUT2D eigenvalue weighted by molar-refractivity contribution is 8.18. The molecule has 28 heavy (non-hydrogen) atoms. The van der Waals surface area contributed by atoms with Gasteiger partial charge in [0.2, 0.25) is 0 Å². The van der Waals surface area contributed by atoms with Crippen molar-refractivity contribution in [1.82, 2.24) is 4.90 Å². The molecule has 9 heteroatoms. The van der Waals surface area contributed by atoms with Crippen LogP contribution in [0, 0.1) is 4.78 Å². The number of nitrogens with two attached hydrogens (primary N) is 1. The van der Waals surface area contributed by atoms with E-state index in [4.69, 9.17) is 9.92 Å². The number of amides is 2. The smallest absolute Gasteiger partial charge is 0.327 e. The molecule has 2 amide bonds. The molecular weight excluding hydrogens is 396 g/mol. The summed E-state index contributed by atoms with van der Waals surface area (Å²) in [5.74, 6) is 0. The van der Waals surface area contributed by atoms with Gasteiger partial charge in [-0.05, 0) is 74.6 Å². The summed E-state index contributed by atoms with van der Waals surface area (Å²) in [6.07, 6.45) is 7.50. The van der Waals surface area contributed by atoms with Crippen molar-refractivity contribution in [3.05, 3.63) is 38.8 Å². The summed E-state index contributed by atoms with van der Waals surface area (Å²) in [6.45, 7) is 3.17. The monoisotopic (exact) mass is 422 g/mol. The van der Waals surface area contributed by atoms with Crippen molar-refractivity contribution in [2.24, 2.45) is 5.14 Å². The van der Waals surface area contributed by atoms with Gasteiger partial charge < -0.3 is 10.4 Å². The van der Waals surface area contributed by atoms with Gasteiger partial charge in [0.1, 0.15) is 19.5 Å². The number of carbonyl (C=O) groups is 1. The SMILES string of the molecule is CC(C)(O)C1SC(S(=N)(N)=O)=CN1C(=O)Nc1c2c(cc3c1CCC3)CCC2. The number of rotatable bonds is 3. The molecule has 3 aliphatic rings. The molecule has 1 aromatic rings. The number of benzene rings is 1. The molecule has 0 saturated heterocycles. The van der Waals surface area contributed by atoms with E-state index in [0.29, 0.717) is 0 Å². The Bertz CT molecular complexity index is 948. The van der Waals surface area contributed by atoms with Crippen molar-refractivity contribution in [1.29, 1.82) is 4.78 Å². The summed E-state index contributed by atoms with van der Waals surface area (Å²) in [5, 5.41) is 18.4. The maximum absolute atomic E-state index is 13.2. The Morgan fingerprint density at radius 2 is 1.86 bits per heavy atom. The Balaban J connectivity index is 1.69. The van der Waals surface area contributed by atoms with Crippen LogP contribution in [-0.4, -0.2) is 31.2 Å². The molecule has 1 heterocycles. The first-order valence-corrected chi connectivity index (χ1v) is 12.0. The number of hydrogen-bond acceptors (Lipinski definition) is 5. The van der Waals surface area contributed by atoms with Gasteiger partial charge in [-0.2, -0.15) is 0 Å². The van der Waals surface area contributed by atoms with Gasteiger partial charge in [0.15, 0.2) is 0 Å². The van der Waals surface area contributed by atoms with Gasteiger partial charge in [0.05, 0.1) is 5.60 Å². The van der Waals surface area contributed by atoms with E-state index in [-0.39, 0.29) is 4.24 Å². The summed E-state index contributed by atoms with van der Waals surface area (Å²) in [7, 11) is -3.46. The minimum absolute atomic E-state index is 0.0956. The Morgan fingerprint density at radius 3 is 2.36 bits per heavy atom. The first kappa shape index (κ1) is 19.8. The zero-order chi connectivity index (χ0) is 20.3. The van der Waals surface area contributed by atoms with E-state index < -0.39 is 26.9 Å². The summed E-state index contributed by atoms with van der Waals surface area (Å²) < 4.78 is 19.8. The van der Waals surface area contributed by atoms with Crippen molar-refractivity contribution >= 4 is 33.4 Å². The van der Waals surface area contributed by atoms with Crippen LogP contribution in [0.5, 0.6) is 0 Å². The third-order valence-electron chi connectivity index (χ3n) is 5.57. The second kappa shape index (κ2) is 6.76. The Labute approximate surface area is 169 Å². The Kier molecular flexibility index (Phi) is 4.77. The third-order valence-corrected chi connectivity index (χ3v) is 8.67. The van der Waals surface area contributed by atoms with Gasteiger partial charge in [0.25, 0.3) is 0 Å². The van der Waals surface area contributed by atoms with Crippen LogP contribution in [0.3, 0.4) is 0 Å². The topological polar surface area (TPSA) is 120 Å². The number of anilines is 1. The van der Waals surface area contributed by atoms with Crippen molar-refractivity contribution < 1.29 is 14.1 Å². The molecule has 2 atom stereocenters. The number of urea groups is 1. The highest BCUT2D eigenvalue weighted by Gasteiger charge is 2.42. The zero-order valence-corrected chi connectivity index (χ0v) is 17.7. The van der Waals surface area contributed by atoms with E-state index in [9.17, 15) is 14.1 Å². The lowest BCUT2D eigenvalue weighted by Crippen LogP contribution is -2.47. The summed E-state index contributed by atoms with van der Waals surface area (Å²) >= 11 is 1.01. The van der Waals surface area contributed by atoms with E-state index in [1.165, 1.54) is 33.4 Å². The van der Waals surface area contributed by atoms with Crippen molar-refractivity contribution in [2.75, 3.05) is 5.32 Å². The fraction of sp³-hybridized carbons (Fsp3) is 0.526. The predicted molar refractivity (Wildman–Crippen MR) is 112 cm³/mol. The number of carbonyl (C=O) groups excluding carboxylic acids is 1. The molecule has 0 bridgehead atoms. The van der Waals surface area contributed by atoms with Gasteiger partial charge in [0, 0.05) is 11.9 Å². The summed E-state index contributed by atoms with van der Waals surface area (Å²) in [5.41, 5.74) is 4.72. The second-order valence-electron chi connectivity index (χ2n) is 8.24. The van der Waals surface area contributed by atoms with Crippen LogP contribution in [-0.2, 0) is 35.6 Å². The molecule has 1 aromatic carbocycles. The number of aliphatic hydroxyl groups is 1. The lowest BCUT2D eigenvalue weighted by Gasteiger charge is -2.32. The fourth-order valence-corrected chi connectivity index (χ4v) is 6.39. The highest BCUT2D eigenvalue weighted by Crippen LogP contribution is 2.42. The lowest BCUT2D eigenvalue weighted by molar-refractivity contribution is 0.0470. The Morgan fingerprint density at radius 1 is 1.29 bits per heavy atom. The first-order chi connectivity index (χ1) is 13.1. The molecule has 0 spiro atoms. The van der Waals surface area contributed by atoms with Gasteiger partial charge in [-0.15, -0.1) is 0 Å². The van der Waals surface area contributed by atoms with Crippen LogP contribution < -0.4 is 10.5 Å². The third kappa shape index (κ3) is 3.45. The molecule has 4 rings (SSSR count). The lowest BCUT2D eigenvalue weighted by atomic mass is 9.99. The van der Waals surface area contributed by atoms with E-state index in [2.05, 4.69) is 11.4 Å². The molecule has 0 saturated carbocycles. The van der Waals surface area contributed by atoms with Crippen LogP contribution in [0.4, 0.5) is 10.5 Å². The molecule has 5 N–H and O–H groups in total. The number of hydrogen-bond donors (Lipinski definition) is 4. The van der Waals surface area contributed by atoms with E-state index in [1.807, 2.05) is 0 Å². The summed E-state index contributed by atoms with van der Waals surface area (Å²) in [4.78, 5) is 14.5. The van der Waals surface area contributed by atoms with Crippen molar-refractivity contribution in [3.63, 3.8) is 0 Å². The fourth-order valence-electron chi connectivity index (χ4n) is 4.32. The van der Waals surface area contributed by atoms with Gasteiger partial charge in [-0.25, -0.2) is 18.9 Å². The number of aryl methyl sites for hydroxylation is 2. The van der Waals surface area contributed by atoms with Crippen LogP contribution in [0.1, 0.15) is 48.9 Å². The standard InChI is InChI=1S/C19H26N4O3S2/c1-19(2,25)17-23(10-15(27-17)28(20,21)26)18(24)22-16-13-7-3-5-11(13)9-12-6-4-8-14(12)16/h9-10,17,25H,3-8H2,1-2H3,(H,22,24)(H3,20,21,26). The first-order valence-electron chi connectivity index (χ1n) is 9.49. The molecule has 7 nitrogen and oxygen atoms in total. The van der Waals surface area contributed by atoms with Crippen LogP contribution in [0.15, 0.2) is 16.5 Å². The minimum atomic E-state index is -3.46. The highest BCUT2D eigenvalue weighted by atomic mass is 32.3. The molecule has 152 valence electrons. The summed E-state index contributed by atoms with van der Waals surface area (Å²) in [6, 6.07) is 1.90. The largest absolute Gasteiger partial charge is 0.387 e. The van der Waals surface area contributed by atoms with Crippen molar-refractivity contribution in [2.45, 2.75) is 63.3 Å². The van der Waals surface area contributed by atoms with E-state index in [0.717, 1.165) is 56.0 Å². The zero-order valence-electron chi connectivity index (χ0n) is 16.1. The quantitative estimate of drug-likeness (QED) is 0.598. The van der Waals surface area contributed by atoms with Gasteiger partial charge in [-0.1, -0.05) is 17.8 Å². The van der Waals surface area contributed by atoms with Crippen molar-refractivity contribution in [3.8, 4) is 0 Å². The maximum atomic E-state index is 13.2. The number of nitrogens with one attached hydrogen (secondary N) is 2. The molecule has 2 unspecified atom stereocenters. The molecule has 0 aromatic heterocycles.